The molecule has 3 nitrogen and oxygen atoms in total. The maximum atomic E-state index is 4.51. The smallest absolute Gasteiger partial charge is 0.110 e. The van der Waals surface area contributed by atoms with E-state index in [1.54, 1.807) is 0 Å². The fourth-order valence-electron chi connectivity index (χ4n) is 2.85. The third kappa shape index (κ3) is 2.65. The average Bonchev–Trinajstić information content (AvgIpc) is 2.86. The minimum absolute atomic E-state index is 0.507. The number of aromatic nitrogens is 2. The monoisotopic (exact) mass is 255 g/mol. The summed E-state index contributed by atoms with van der Waals surface area (Å²) in [4.78, 5) is 4.51. The Balaban J connectivity index is 1.70. The number of aryl methyl sites for hydroxylation is 2. The molecule has 1 aromatic heterocycles. The molecule has 1 unspecified atom stereocenters. The molecule has 2 aromatic rings. The molecule has 0 bridgehead atoms. The van der Waals surface area contributed by atoms with Gasteiger partial charge in [0.15, 0.2) is 0 Å². The van der Waals surface area contributed by atoms with Crippen LogP contribution < -0.4 is 5.32 Å². The lowest BCUT2D eigenvalue weighted by Crippen LogP contribution is -2.28. The van der Waals surface area contributed by atoms with Crippen LogP contribution in [0.4, 0.5) is 5.69 Å². The van der Waals surface area contributed by atoms with Gasteiger partial charge in [-0.3, -0.25) is 0 Å². The van der Waals surface area contributed by atoms with E-state index in [4.69, 9.17) is 0 Å². The van der Waals surface area contributed by atoms with Crippen LogP contribution in [0, 0.1) is 0 Å². The molecule has 2 heterocycles. The van der Waals surface area contributed by atoms with E-state index in [9.17, 15) is 0 Å². The van der Waals surface area contributed by atoms with Gasteiger partial charge in [-0.1, -0.05) is 25.1 Å². The fourth-order valence-corrected chi connectivity index (χ4v) is 2.85. The third-order valence-corrected chi connectivity index (χ3v) is 3.83. The third-order valence-electron chi connectivity index (χ3n) is 3.83. The van der Waals surface area contributed by atoms with Crippen LogP contribution in [-0.2, 0) is 19.4 Å². The molecule has 1 aliphatic heterocycles. The molecule has 0 amide bonds. The van der Waals surface area contributed by atoms with Gasteiger partial charge in [0.05, 0.1) is 0 Å². The van der Waals surface area contributed by atoms with E-state index in [2.05, 4.69) is 52.3 Å². The largest absolute Gasteiger partial charge is 0.382 e. The number of hydrogen-bond acceptors (Lipinski definition) is 2. The van der Waals surface area contributed by atoms with Gasteiger partial charge in [0, 0.05) is 37.1 Å². The highest BCUT2D eigenvalue weighted by molar-refractivity contribution is 5.53. The van der Waals surface area contributed by atoms with Gasteiger partial charge in [-0.2, -0.15) is 0 Å². The van der Waals surface area contributed by atoms with Crippen molar-refractivity contribution < 1.29 is 0 Å². The van der Waals surface area contributed by atoms with Crippen LogP contribution >= 0.6 is 0 Å². The normalized spacial score (nSPS) is 17.8. The molecule has 100 valence electrons. The number of fused-ring (bicyclic) bond motifs is 1. The zero-order valence-electron chi connectivity index (χ0n) is 11.5. The van der Waals surface area contributed by atoms with E-state index < -0.39 is 0 Å². The van der Waals surface area contributed by atoms with Crippen molar-refractivity contribution in [2.75, 3.05) is 5.32 Å². The Bertz CT molecular complexity index is 544. The van der Waals surface area contributed by atoms with E-state index in [1.165, 1.54) is 29.9 Å². The number of benzene rings is 1. The van der Waals surface area contributed by atoms with Crippen molar-refractivity contribution in [1.82, 2.24) is 9.55 Å². The van der Waals surface area contributed by atoms with Crippen molar-refractivity contribution in [2.24, 2.45) is 0 Å². The van der Waals surface area contributed by atoms with Gasteiger partial charge in [-0.15, -0.1) is 0 Å². The molecule has 3 rings (SSSR count). The van der Waals surface area contributed by atoms with Crippen LogP contribution in [0.1, 0.15) is 31.2 Å². The van der Waals surface area contributed by atoms with Gasteiger partial charge in [0.2, 0.25) is 0 Å². The number of nitrogens with one attached hydrogen (secondary N) is 1. The Hall–Kier alpha value is -1.77. The molecular formula is C16H21N3. The Morgan fingerprint density at radius 1 is 1.37 bits per heavy atom. The van der Waals surface area contributed by atoms with Crippen LogP contribution in [0.3, 0.4) is 0 Å². The summed E-state index contributed by atoms with van der Waals surface area (Å²) < 4.78 is 2.28. The topological polar surface area (TPSA) is 29.9 Å². The molecule has 1 aromatic carbocycles. The Morgan fingerprint density at radius 2 is 2.26 bits per heavy atom. The summed E-state index contributed by atoms with van der Waals surface area (Å²) in [5.74, 6) is 1.21. The predicted molar refractivity (Wildman–Crippen MR) is 78.4 cm³/mol. The molecular weight excluding hydrogens is 234 g/mol. The SMILES string of the molecule is CCCn1ccnc1CC1CCc2ccccc2N1. The van der Waals surface area contributed by atoms with Crippen molar-refractivity contribution in [1.29, 1.82) is 0 Å². The molecule has 1 atom stereocenters. The van der Waals surface area contributed by atoms with Crippen molar-refractivity contribution in [3.05, 3.63) is 48.0 Å². The summed E-state index contributed by atoms with van der Waals surface area (Å²) in [5.41, 5.74) is 2.74. The van der Waals surface area contributed by atoms with Crippen molar-refractivity contribution in [2.45, 2.75) is 45.2 Å². The Morgan fingerprint density at radius 3 is 3.16 bits per heavy atom. The van der Waals surface area contributed by atoms with E-state index in [1.807, 2.05) is 6.20 Å². The Labute approximate surface area is 114 Å². The summed E-state index contributed by atoms with van der Waals surface area (Å²) in [6.07, 6.45) is 8.54. The summed E-state index contributed by atoms with van der Waals surface area (Å²) >= 11 is 0. The van der Waals surface area contributed by atoms with E-state index in [0.717, 1.165) is 19.4 Å². The van der Waals surface area contributed by atoms with Crippen molar-refractivity contribution >= 4 is 5.69 Å². The van der Waals surface area contributed by atoms with Crippen LogP contribution in [0.5, 0.6) is 0 Å². The lowest BCUT2D eigenvalue weighted by molar-refractivity contribution is 0.570. The van der Waals surface area contributed by atoms with Gasteiger partial charge in [-0.25, -0.2) is 4.98 Å². The molecule has 0 radical (unpaired) electrons. The first-order valence-electron chi connectivity index (χ1n) is 7.21. The summed E-state index contributed by atoms with van der Waals surface area (Å²) in [5, 5.41) is 3.65. The molecule has 1 N–H and O–H groups in total. The van der Waals surface area contributed by atoms with Gasteiger partial charge in [0.1, 0.15) is 5.82 Å². The van der Waals surface area contributed by atoms with Crippen LogP contribution in [-0.4, -0.2) is 15.6 Å². The predicted octanol–water partition coefficient (Wildman–Crippen LogP) is 3.26. The van der Waals surface area contributed by atoms with E-state index in [-0.39, 0.29) is 0 Å². The van der Waals surface area contributed by atoms with Gasteiger partial charge in [0.25, 0.3) is 0 Å². The van der Waals surface area contributed by atoms with Gasteiger partial charge in [-0.05, 0) is 30.9 Å². The molecule has 0 spiro atoms. The zero-order valence-corrected chi connectivity index (χ0v) is 11.5. The molecule has 3 heteroatoms. The highest BCUT2D eigenvalue weighted by Crippen LogP contribution is 2.25. The first kappa shape index (κ1) is 12.3. The second kappa shape index (κ2) is 5.47. The van der Waals surface area contributed by atoms with Crippen LogP contribution in [0.25, 0.3) is 0 Å². The minimum atomic E-state index is 0.507. The first-order chi connectivity index (χ1) is 9.36. The first-order valence-corrected chi connectivity index (χ1v) is 7.21. The summed E-state index contributed by atoms with van der Waals surface area (Å²) in [6.45, 7) is 3.28. The number of rotatable bonds is 4. The second-order valence-corrected chi connectivity index (χ2v) is 5.28. The maximum Gasteiger partial charge on any atom is 0.110 e. The van der Waals surface area contributed by atoms with Crippen LogP contribution in [0.15, 0.2) is 36.7 Å². The molecule has 0 fully saturated rings. The lowest BCUT2D eigenvalue weighted by Gasteiger charge is -2.27. The molecule has 0 aliphatic carbocycles. The minimum Gasteiger partial charge on any atom is -0.382 e. The second-order valence-electron chi connectivity index (χ2n) is 5.28. The molecule has 0 saturated carbocycles. The van der Waals surface area contributed by atoms with Gasteiger partial charge >= 0.3 is 0 Å². The molecule has 1 aliphatic rings. The van der Waals surface area contributed by atoms with Crippen LogP contribution in [0.2, 0.25) is 0 Å². The average molecular weight is 255 g/mol. The summed E-state index contributed by atoms with van der Waals surface area (Å²) in [6, 6.07) is 9.13. The van der Waals surface area contributed by atoms with Gasteiger partial charge < -0.3 is 9.88 Å². The van der Waals surface area contributed by atoms with E-state index in [0.29, 0.717) is 6.04 Å². The molecule has 0 saturated heterocycles. The van der Waals surface area contributed by atoms with Crippen molar-refractivity contribution in [3.8, 4) is 0 Å². The number of anilines is 1. The summed E-state index contributed by atoms with van der Waals surface area (Å²) in [7, 11) is 0. The van der Waals surface area contributed by atoms with Crippen molar-refractivity contribution in [3.63, 3.8) is 0 Å². The number of nitrogens with zero attached hydrogens (tertiary/aromatic N) is 2. The quantitative estimate of drug-likeness (QED) is 0.908. The van der Waals surface area contributed by atoms with E-state index >= 15 is 0 Å². The Kier molecular flexibility index (Phi) is 3.53. The standard InChI is InChI=1S/C16H21N3/c1-2-10-19-11-9-17-16(19)12-14-8-7-13-5-3-4-6-15(13)18-14/h3-6,9,11,14,18H,2,7-8,10,12H2,1H3. The highest BCUT2D eigenvalue weighted by Gasteiger charge is 2.19. The zero-order chi connectivity index (χ0) is 13.1. The highest BCUT2D eigenvalue weighted by atomic mass is 15.1. The number of para-hydroxylation sites is 1. The maximum absolute atomic E-state index is 4.51. The number of hydrogen-bond donors (Lipinski definition) is 1. The fraction of sp³-hybridized carbons (Fsp3) is 0.438. The molecule has 19 heavy (non-hydrogen) atoms. The lowest BCUT2D eigenvalue weighted by atomic mass is 9.96. The number of imidazole rings is 1.